The first-order valence-corrected chi connectivity index (χ1v) is 7.86. The molecular weight excluding hydrogens is 364 g/mol. The smallest absolute Gasteiger partial charge is 0.234 e. The molecule has 0 saturated heterocycles. The van der Waals surface area contributed by atoms with Crippen molar-refractivity contribution >= 4 is 50.9 Å². The van der Waals surface area contributed by atoms with Crippen LogP contribution in [0.25, 0.3) is 0 Å². The average Bonchev–Trinajstić information content (AvgIpc) is 2.72. The Kier molecular flexibility index (Phi) is 5.06. The van der Waals surface area contributed by atoms with E-state index in [9.17, 15) is 4.79 Å². The quantitative estimate of drug-likeness (QED) is 0.833. The lowest BCUT2D eigenvalue weighted by Crippen LogP contribution is -2.14. The van der Waals surface area contributed by atoms with E-state index in [1.807, 2.05) is 18.5 Å². The molecular formula is C12H12BrClN4OS. The number of hydrogen-bond donors (Lipinski definition) is 1. The summed E-state index contributed by atoms with van der Waals surface area (Å²) in [7, 11) is 1.87. The van der Waals surface area contributed by atoms with E-state index in [0.717, 1.165) is 10.3 Å². The summed E-state index contributed by atoms with van der Waals surface area (Å²) in [6.07, 6.45) is 0. The highest BCUT2D eigenvalue weighted by atomic mass is 79.9. The van der Waals surface area contributed by atoms with Crippen molar-refractivity contribution in [2.24, 2.45) is 7.05 Å². The topological polar surface area (TPSA) is 59.8 Å². The van der Waals surface area contributed by atoms with Gasteiger partial charge in [-0.2, -0.15) is 0 Å². The lowest BCUT2D eigenvalue weighted by atomic mass is 10.3. The van der Waals surface area contributed by atoms with Gasteiger partial charge in [-0.25, -0.2) is 0 Å². The third-order valence-electron chi connectivity index (χ3n) is 2.59. The van der Waals surface area contributed by atoms with Gasteiger partial charge in [0.15, 0.2) is 5.16 Å². The minimum atomic E-state index is -0.117. The Balaban J connectivity index is 1.92. The van der Waals surface area contributed by atoms with Gasteiger partial charge in [-0.1, -0.05) is 23.4 Å². The molecule has 1 heterocycles. The number of hydrogen-bond acceptors (Lipinski definition) is 4. The molecule has 2 aromatic rings. The summed E-state index contributed by atoms with van der Waals surface area (Å²) in [4.78, 5) is 11.9. The third kappa shape index (κ3) is 3.74. The molecule has 1 N–H and O–H groups in total. The Hall–Kier alpha value is -1.05. The average molecular weight is 376 g/mol. The fourth-order valence-electron chi connectivity index (χ4n) is 1.41. The molecule has 0 aliphatic carbocycles. The lowest BCUT2D eigenvalue weighted by molar-refractivity contribution is -0.113. The van der Waals surface area contributed by atoms with Gasteiger partial charge in [0.2, 0.25) is 5.91 Å². The SMILES string of the molecule is Cc1nnc(SCC(=O)Nc2ccc(Br)c(Cl)c2)n1C. The van der Waals surface area contributed by atoms with Gasteiger partial charge in [-0.3, -0.25) is 4.79 Å². The number of carbonyl (C=O) groups is 1. The molecule has 0 saturated carbocycles. The Morgan fingerprint density at radius 2 is 2.25 bits per heavy atom. The number of nitrogens with zero attached hydrogens (tertiary/aromatic N) is 3. The van der Waals surface area contributed by atoms with Crippen LogP contribution >= 0.6 is 39.3 Å². The molecule has 2 rings (SSSR count). The standard InChI is InChI=1S/C12H12BrClN4OS/c1-7-16-17-12(18(7)2)20-6-11(19)15-8-3-4-9(13)10(14)5-8/h3-5H,6H2,1-2H3,(H,15,19). The van der Waals surface area contributed by atoms with Gasteiger partial charge >= 0.3 is 0 Å². The van der Waals surface area contributed by atoms with Crippen LogP contribution in [-0.4, -0.2) is 26.4 Å². The number of aryl methyl sites for hydroxylation is 1. The normalized spacial score (nSPS) is 10.6. The summed E-state index contributed by atoms with van der Waals surface area (Å²) in [5, 5.41) is 12.0. The van der Waals surface area contributed by atoms with Crippen LogP contribution in [0.4, 0.5) is 5.69 Å². The van der Waals surface area contributed by atoms with Gasteiger partial charge in [-0.15, -0.1) is 10.2 Å². The van der Waals surface area contributed by atoms with Crippen molar-refractivity contribution in [2.45, 2.75) is 12.1 Å². The molecule has 0 unspecified atom stereocenters. The molecule has 0 radical (unpaired) electrons. The number of nitrogens with one attached hydrogen (secondary N) is 1. The van der Waals surface area contributed by atoms with E-state index in [-0.39, 0.29) is 11.7 Å². The fraction of sp³-hybridized carbons (Fsp3) is 0.250. The molecule has 0 aliphatic rings. The van der Waals surface area contributed by atoms with Gasteiger partial charge in [0.1, 0.15) is 5.82 Å². The molecule has 0 atom stereocenters. The van der Waals surface area contributed by atoms with E-state index in [2.05, 4.69) is 31.4 Å². The second-order valence-electron chi connectivity index (χ2n) is 4.05. The van der Waals surface area contributed by atoms with E-state index in [1.165, 1.54) is 11.8 Å². The van der Waals surface area contributed by atoms with Crippen LogP contribution < -0.4 is 5.32 Å². The number of aromatic nitrogens is 3. The molecule has 0 bridgehead atoms. The van der Waals surface area contributed by atoms with Crippen LogP contribution in [0.1, 0.15) is 5.82 Å². The van der Waals surface area contributed by atoms with Gasteiger partial charge in [0.25, 0.3) is 0 Å². The van der Waals surface area contributed by atoms with Gasteiger partial charge in [0, 0.05) is 17.2 Å². The molecule has 106 valence electrons. The Morgan fingerprint density at radius 3 is 2.85 bits per heavy atom. The monoisotopic (exact) mass is 374 g/mol. The van der Waals surface area contributed by atoms with Crippen molar-refractivity contribution in [1.82, 2.24) is 14.8 Å². The maximum Gasteiger partial charge on any atom is 0.234 e. The number of carbonyl (C=O) groups excluding carboxylic acids is 1. The molecule has 1 aromatic carbocycles. The van der Waals surface area contributed by atoms with Crippen molar-refractivity contribution < 1.29 is 4.79 Å². The number of amides is 1. The summed E-state index contributed by atoms with van der Waals surface area (Å²) in [6.45, 7) is 1.86. The zero-order chi connectivity index (χ0) is 14.7. The first-order chi connectivity index (χ1) is 9.47. The van der Waals surface area contributed by atoms with Crippen molar-refractivity contribution in [3.05, 3.63) is 33.5 Å². The van der Waals surface area contributed by atoms with Crippen molar-refractivity contribution in [1.29, 1.82) is 0 Å². The van der Waals surface area contributed by atoms with Crippen LogP contribution in [-0.2, 0) is 11.8 Å². The molecule has 20 heavy (non-hydrogen) atoms. The van der Waals surface area contributed by atoms with E-state index in [1.54, 1.807) is 18.2 Å². The largest absolute Gasteiger partial charge is 0.325 e. The Bertz CT molecular complexity index is 646. The molecule has 0 aliphatic heterocycles. The first-order valence-electron chi connectivity index (χ1n) is 5.71. The van der Waals surface area contributed by atoms with Gasteiger partial charge < -0.3 is 9.88 Å². The van der Waals surface area contributed by atoms with E-state index in [0.29, 0.717) is 15.9 Å². The second kappa shape index (κ2) is 6.60. The lowest BCUT2D eigenvalue weighted by Gasteiger charge is -2.06. The van der Waals surface area contributed by atoms with Crippen molar-refractivity contribution in [3.8, 4) is 0 Å². The first kappa shape index (κ1) is 15.3. The molecule has 1 aromatic heterocycles. The zero-order valence-electron chi connectivity index (χ0n) is 10.9. The maximum absolute atomic E-state index is 11.9. The Morgan fingerprint density at radius 1 is 1.50 bits per heavy atom. The van der Waals surface area contributed by atoms with Crippen molar-refractivity contribution in [2.75, 3.05) is 11.1 Å². The van der Waals surface area contributed by atoms with Crippen molar-refractivity contribution in [3.63, 3.8) is 0 Å². The minimum Gasteiger partial charge on any atom is -0.325 e. The minimum absolute atomic E-state index is 0.117. The van der Waals surface area contributed by atoms with Crippen LogP contribution in [0.5, 0.6) is 0 Å². The maximum atomic E-state index is 11.9. The molecule has 0 spiro atoms. The van der Waals surface area contributed by atoms with Crippen LogP contribution in [0.2, 0.25) is 5.02 Å². The number of benzene rings is 1. The highest BCUT2D eigenvalue weighted by molar-refractivity contribution is 9.10. The zero-order valence-corrected chi connectivity index (χ0v) is 14.0. The number of rotatable bonds is 4. The molecule has 8 heteroatoms. The number of halogens is 2. The molecule has 0 fully saturated rings. The van der Waals surface area contributed by atoms with Crippen LogP contribution in [0.3, 0.4) is 0 Å². The predicted octanol–water partition coefficient (Wildman–Crippen LogP) is 3.27. The Labute approximate surface area is 134 Å². The summed E-state index contributed by atoms with van der Waals surface area (Å²) in [6, 6.07) is 5.27. The predicted molar refractivity (Wildman–Crippen MR) is 84.2 cm³/mol. The van der Waals surface area contributed by atoms with Gasteiger partial charge in [-0.05, 0) is 41.1 Å². The summed E-state index contributed by atoms with van der Waals surface area (Å²) >= 11 is 10.6. The van der Waals surface area contributed by atoms with E-state index >= 15 is 0 Å². The summed E-state index contributed by atoms with van der Waals surface area (Å²) in [5.74, 6) is 0.960. The highest BCUT2D eigenvalue weighted by Crippen LogP contribution is 2.25. The second-order valence-corrected chi connectivity index (χ2v) is 6.26. The fourth-order valence-corrected chi connectivity index (χ4v) is 2.60. The van der Waals surface area contributed by atoms with Gasteiger partial charge in [0.05, 0.1) is 10.8 Å². The molecule has 1 amide bonds. The third-order valence-corrected chi connectivity index (χ3v) is 4.84. The highest BCUT2D eigenvalue weighted by Gasteiger charge is 2.09. The number of thioether (sulfide) groups is 1. The van der Waals surface area contributed by atoms with Crippen LogP contribution in [0, 0.1) is 6.92 Å². The van der Waals surface area contributed by atoms with E-state index in [4.69, 9.17) is 11.6 Å². The number of anilines is 1. The summed E-state index contributed by atoms with van der Waals surface area (Å²) < 4.78 is 2.63. The molecule has 5 nitrogen and oxygen atoms in total. The van der Waals surface area contributed by atoms with E-state index < -0.39 is 0 Å². The van der Waals surface area contributed by atoms with Crippen LogP contribution in [0.15, 0.2) is 27.8 Å². The summed E-state index contributed by atoms with van der Waals surface area (Å²) in [5.41, 5.74) is 0.665.